The lowest BCUT2D eigenvalue weighted by molar-refractivity contribution is 0.643. The van der Waals surface area contributed by atoms with Gasteiger partial charge in [0.25, 0.3) is 0 Å². The number of rotatable bonds is 3. The first-order valence-corrected chi connectivity index (χ1v) is 7.11. The summed E-state index contributed by atoms with van der Waals surface area (Å²) in [5.74, 6) is 1.41. The fourth-order valence-corrected chi connectivity index (χ4v) is 2.72. The number of aryl methyl sites for hydroxylation is 1. The monoisotopic (exact) mass is 256 g/mol. The lowest BCUT2D eigenvalue weighted by Crippen LogP contribution is -2.02. The zero-order chi connectivity index (χ0) is 13.2. The Labute approximate surface area is 113 Å². The van der Waals surface area contributed by atoms with E-state index < -0.39 is 0 Å². The molecule has 0 fully saturated rings. The summed E-state index contributed by atoms with van der Waals surface area (Å²) in [7, 11) is 0. The molecule has 0 atom stereocenters. The molecule has 1 aliphatic carbocycles. The van der Waals surface area contributed by atoms with Gasteiger partial charge in [0, 0.05) is 18.0 Å². The van der Waals surface area contributed by atoms with Crippen LogP contribution in [-0.2, 0) is 19.3 Å². The largest absolute Gasteiger partial charge is 0.274 e. The van der Waals surface area contributed by atoms with Crippen molar-refractivity contribution in [2.75, 3.05) is 0 Å². The van der Waals surface area contributed by atoms with Crippen LogP contribution in [-0.4, -0.2) is 20.2 Å². The molecule has 2 aromatic heterocycles. The normalized spacial score (nSPS) is 14.7. The van der Waals surface area contributed by atoms with Gasteiger partial charge in [-0.05, 0) is 43.6 Å². The summed E-state index contributed by atoms with van der Waals surface area (Å²) in [4.78, 5) is 9.00. The molecule has 2 heterocycles. The van der Waals surface area contributed by atoms with Gasteiger partial charge in [-0.1, -0.05) is 13.8 Å². The van der Waals surface area contributed by atoms with Gasteiger partial charge in [0.1, 0.15) is 5.69 Å². The van der Waals surface area contributed by atoms with E-state index in [2.05, 4.69) is 34.0 Å². The quantitative estimate of drug-likeness (QED) is 0.918. The van der Waals surface area contributed by atoms with Crippen molar-refractivity contribution in [1.29, 1.82) is 0 Å². The van der Waals surface area contributed by atoms with Gasteiger partial charge < -0.3 is 0 Å². The maximum atomic E-state index is 4.50. The van der Waals surface area contributed by atoms with E-state index in [4.69, 9.17) is 0 Å². The van der Waals surface area contributed by atoms with E-state index in [9.17, 15) is 0 Å². The average molecular weight is 256 g/mol. The molecule has 0 amide bonds. The number of fused-ring (bicyclic) bond motifs is 1. The molecule has 4 nitrogen and oxygen atoms in total. The van der Waals surface area contributed by atoms with E-state index >= 15 is 0 Å². The van der Waals surface area contributed by atoms with Crippen molar-refractivity contribution < 1.29 is 0 Å². The minimum absolute atomic E-state index is 0.634. The Morgan fingerprint density at radius 3 is 2.63 bits per heavy atom. The number of H-pyrrole nitrogens is 1. The molecule has 0 spiro atoms. The Balaban J connectivity index is 1.88. The van der Waals surface area contributed by atoms with Gasteiger partial charge in [0.2, 0.25) is 0 Å². The van der Waals surface area contributed by atoms with Gasteiger partial charge in [-0.3, -0.25) is 5.10 Å². The predicted molar refractivity (Wildman–Crippen MR) is 74.8 cm³/mol. The van der Waals surface area contributed by atoms with Crippen LogP contribution in [0.1, 0.15) is 43.5 Å². The fourth-order valence-electron chi connectivity index (χ4n) is 2.72. The molecular formula is C15H20N4. The van der Waals surface area contributed by atoms with Crippen molar-refractivity contribution in [3.8, 4) is 11.5 Å². The number of aromatic amines is 1. The van der Waals surface area contributed by atoms with Crippen LogP contribution in [0, 0.1) is 5.92 Å². The van der Waals surface area contributed by atoms with Crippen molar-refractivity contribution in [3.63, 3.8) is 0 Å². The van der Waals surface area contributed by atoms with Crippen molar-refractivity contribution in [3.05, 3.63) is 29.2 Å². The topological polar surface area (TPSA) is 54.5 Å². The fraction of sp³-hybridized carbons (Fsp3) is 0.533. The van der Waals surface area contributed by atoms with E-state index in [0.29, 0.717) is 5.92 Å². The molecule has 0 aromatic carbocycles. The van der Waals surface area contributed by atoms with Crippen LogP contribution in [0.4, 0.5) is 0 Å². The highest BCUT2D eigenvalue weighted by molar-refractivity contribution is 5.56. The third-order valence-corrected chi connectivity index (χ3v) is 3.62. The van der Waals surface area contributed by atoms with E-state index in [0.717, 1.165) is 30.8 Å². The zero-order valence-corrected chi connectivity index (χ0v) is 11.6. The SMILES string of the molecule is CC(C)Cc1cnc(-c2[nH]nc3c2CCCC3)nc1. The van der Waals surface area contributed by atoms with Crippen LogP contribution < -0.4 is 0 Å². The van der Waals surface area contributed by atoms with Gasteiger partial charge in [0.05, 0.1) is 5.69 Å². The molecule has 0 saturated heterocycles. The number of hydrogen-bond acceptors (Lipinski definition) is 3. The highest BCUT2D eigenvalue weighted by Gasteiger charge is 2.19. The average Bonchev–Trinajstić information content (AvgIpc) is 2.83. The summed E-state index contributed by atoms with van der Waals surface area (Å²) < 4.78 is 0. The van der Waals surface area contributed by atoms with Gasteiger partial charge in [-0.15, -0.1) is 0 Å². The van der Waals surface area contributed by atoms with E-state index in [-0.39, 0.29) is 0 Å². The summed E-state index contributed by atoms with van der Waals surface area (Å²) in [6.45, 7) is 4.42. The first-order valence-electron chi connectivity index (χ1n) is 7.11. The number of nitrogens with one attached hydrogen (secondary N) is 1. The summed E-state index contributed by atoms with van der Waals surface area (Å²) in [6.07, 6.45) is 9.57. The van der Waals surface area contributed by atoms with Crippen LogP contribution in [0.3, 0.4) is 0 Å². The van der Waals surface area contributed by atoms with Crippen molar-refractivity contribution in [2.45, 2.75) is 46.0 Å². The maximum Gasteiger partial charge on any atom is 0.177 e. The summed E-state index contributed by atoms with van der Waals surface area (Å²) in [5.41, 5.74) is 4.75. The highest BCUT2D eigenvalue weighted by Crippen LogP contribution is 2.27. The second-order valence-corrected chi connectivity index (χ2v) is 5.74. The van der Waals surface area contributed by atoms with E-state index in [1.165, 1.54) is 29.7 Å². The second-order valence-electron chi connectivity index (χ2n) is 5.74. The minimum atomic E-state index is 0.634. The Bertz CT molecular complexity index is 554. The first kappa shape index (κ1) is 12.3. The Morgan fingerprint density at radius 1 is 1.16 bits per heavy atom. The van der Waals surface area contributed by atoms with E-state index in [1.54, 1.807) is 0 Å². The van der Waals surface area contributed by atoms with Crippen molar-refractivity contribution >= 4 is 0 Å². The third-order valence-electron chi connectivity index (χ3n) is 3.62. The van der Waals surface area contributed by atoms with Crippen molar-refractivity contribution in [1.82, 2.24) is 20.2 Å². The maximum absolute atomic E-state index is 4.50. The lowest BCUT2D eigenvalue weighted by atomic mass is 9.96. The molecule has 2 aromatic rings. The third kappa shape index (κ3) is 2.53. The lowest BCUT2D eigenvalue weighted by Gasteiger charge is -2.10. The summed E-state index contributed by atoms with van der Waals surface area (Å²) in [6, 6.07) is 0. The summed E-state index contributed by atoms with van der Waals surface area (Å²) in [5, 5.41) is 7.52. The molecule has 0 aliphatic heterocycles. The molecule has 0 radical (unpaired) electrons. The zero-order valence-electron chi connectivity index (χ0n) is 11.6. The second kappa shape index (κ2) is 5.11. The number of hydrogen-bond donors (Lipinski definition) is 1. The minimum Gasteiger partial charge on any atom is -0.274 e. The molecule has 1 N–H and O–H groups in total. The van der Waals surface area contributed by atoms with Crippen LogP contribution in [0.15, 0.2) is 12.4 Å². The Morgan fingerprint density at radius 2 is 1.89 bits per heavy atom. The van der Waals surface area contributed by atoms with Gasteiger partial charge in [-0.25, -0.2) is 9.97 Å². The molecule has 1 aliphatic rings. The predicted octanol–water partition coefficient (Wildman–Crippen LogP) is 2.94. The smallest absolute Gasteiger partial charge is 0.177 e. The molecule has 19 heavy (non-hydrogen) atoms. The van der Waals surface area contributed by atoms with Crippen LogP contribution >= 0.6 is 0 Å². The number of aromatic nitrogens is 4. The Hall–Kier alpha value is -1.71. The molecule has 100 valence electrons. The van der Waals surface area contributed by atoms with Crippen molar-refractivity contribution in [2.24, 2.45) is 5.92 Å². The highest BCUT2D eigenvalue weighted by atomic mass is 15.1. The molecule has 0 unspecified atom stereocenters. The standard InChI is InChI=1S/C15H20N4/c1-10(2)7-11-8-16-15(17-9-11)14-12-5-3-4-6-13(12)18-19-14/h8-10H,3-7H2,1-2H3,(H,18,19). The molecule has 3 rings (SSSR count). The van der Waals surface area contributed by atoms with Crippen LogP contribution in [0.2, 0.25) is 0 Å². The van der Waals surface area contributed by atoms with Crippen LogP contribution in [0.5, 0.6) is 0 Å². The molecular weight excluding hydrogens is 236 g/mol. The van der Waals surface area contributed by atoms with E-state index in [1.807, 2.05) is 12.4 Å². The first-order chi connectivity index (χ1) is 9.24. The van der Waals surface area contributed by atoms with Crippen LogP contribution in [0.25, 0.3) is 11.5 Å². The number of nitrogens with zero attached hydrogens (tertiary/aromatic N) is 3. The molecule has 4 heteroatoms. The Kier molecular flexibility index (Phi) is 3.32. The van der Waals surface area contributed by atoms with Gasteiger partial charge in [0.15, 0.2) is 5.82 Å². The summed E-state index contributed by atoms with van der Waals surface area (Å²) >= 11 is 0. The van der Waals surface area contributed by atoms with Gasteiger partial charge in [-0.2, -0.15) is 5.10 Å². The molecule has 0 saturated carbocycles. The molecule has 0 bridgehead atoms. The van der Waals surface area contributed by atoms with Gasteiger partial charge >= 0.3 is 0 Å².